The van der Waals surface area contributed by atoms with Crippen molar-refractivity contribution < 1.29 is 4.74 Å². The van der Waals surface area contributed by atoms with Crippen molar-refractivity contribution in [1.29, 1.82) is 0 Å². The zero-order chi connectivity index (χ0) is 16.8. The van der Waals surface area contributed by atoms with E-state index in [0.717, 1.165) is 28.2 Å². The Labute approximate surface area is 159 Å². The van der Waals surface area contributed by atoms with Gasteiger partial charge in [0.1, 0.15) is 11.9 Å². The number of piperidine rings is 3. The van der Waals surface area contributed by atoms with Crippen molar-refractivity contribution in [2.75, 3.05) is 19.6 Å². The van der Waals surface area contributed by atoms with Crippen LogP contribution in [0.5, 0.6) is 5.75 Å². The molecule has 0 radical (unpaired) electrons. The first-order valence-electron chi connectivity index (χ1n) is 8.78. The highest BCUT2D eigenvalue weighted by Crippen LogP contribution is 2.34. The van der Waals surface area contributed by atoms with E-state index in [1.165, 1.54) is 41.8 Å². The van der Waals surface area contributed by atoms with Crippen molar-refractivity contribution in [2.45, 2.75) is 18.9 Å². The highest BCUT2D eigenvalue weighted by molar-refractivity contribution is 9.10. The van der Waals surface area contributed by atoms with Crippen LogP contribution in [-0.4, -0.2) is 35.6 Å². The predicted molar refractivity (Wildman–Crippen MR) is 106 cm³/mol. The van der Waals surface area contributed by atoms with Gasteiger partial charge >= 0.3 is 0 Å². The lowest BCUT2D eigenvalue weighted by atomic mass is 9.86. The molecule has 0 saturated carbocycles. The molecule has 2 aromatic carbocycles. The summed E-state index contributed by atoms with van der Waals surface area (Å²) in [6, 6.07) is 12.9. The smallest absolute Gasteiger partial charge is 0.119 e. The highest BCUT2D eigenvalue weighted by Gasteiger charge is 2.35. The predicted octanol–water partition coefficient (Wildman–Crippen LogP) is 5.20. The van der Waals surface area contributed by atoms with Crippen LogP contribution < -0.4 is 4.74 Å². The zero-order valence-electron chi connectivity index (χ0n) is 13.8. The Morgan fingerprint density at radius 3 is 2.60 bits per heavy atom. The first kappa shape index (κ1) is 15.8. The van der Waals surface area contributed by atoms with Gasteiger partial charge in [-0.05, 0) is 83.2 Å². The third-order valence-corrected chi connectivity index (χ3v) is 6.84. The molecule has 3 saturated heterocycles. The van der Waals surface area contributed by atoms with Gasteiger partial charge in [-0.15, -0.1) is 11.3 Å². The molecular weight excluding hydrogens is 396 g/mol. The minimum Gasteiger partial charge on any atom is -0.489 e. The van der Waals surface area contributed by atoms with E-state index in [0.29, 0.717) is 6.10 Å². The largest absolute Gasteiger partial charge is 0.489 e. The molecule has 1 atom stereocenters. The van der Waals surface area contributed by atoms with E-state index in [-0.39, 0.29) is 0 Å². The van der Waals surface area contributed by atoms with Crippen molar-refractivity contribution in [3.05, 3.63) is 46.4 Å². The average molecular weight is 415 g/mol. The van der Waals surface area contributed by atoms with Crippen LogP contribution in [-0.2, 0) is 0 Å². The van der Waals surface area contributed by atoms with Crippen LogP contribution in [0.25, 0.3) is 21.3 Å². The molecule has 3 aliphatic rings. The van der Waals surface area contributed by atoms with Crippen molar-refractivity contribution >= 4 is 37.5 Å². The van der Waals surface area contributed by atoms with Crippen LogP contribution >= 0.6 is 27.3 Å². The van der Waals surface area contributed by atoms with E-state index in [4.69, 9.17) is 4.74 Å². The standard InChI is InChI=1S/C20H19BrN2OS/c21-17-9-15(10-19-20(17)22-12-25-19)13-1-3-16(4-2-13)24-18-11-23-7-5-14(18)6-8-23/h1-4,9-10,12,14,18H,5-8,11H2/t18-/m0/s1. The summed E-state index contributed by atoms with van der Waals surface area (Å²) in [6.45, 7) is 3.58. The molecule has 3 fully saturated rings. The van der Waals surface area contributed by atoms with Crippen molar-refractivity contribution in [2.24, 2.45) is 5.92 Å². The minimum atomic E-state index is 0.357. The number of nitrogens with zero attached hydrogens (tertiary/aromatic N) is 2. The number of hydrogen-bond donors (Lipinski definition) is 0. The van der Waals surface area contributed by atoms with Crippen LogP contribution in [0.2, 0.25) is 0 Å². The number of hydrogen-bond acceptors (Lipinski definition) is 4. The molecule has 4 heterocycles. The van der Waals surface area contributed by atoms with Gasteiger partial charge < -0.3 is 4.74 Å². The minimum absolute atomic E-state index is 0.357. The second kappa shape index (κ2) is 6.38. The molecule has 0 N–H and O–H groups in total. The summed E-state index contributed by atoms with van der Waals surface area (Å²) in [4.78, 5) is 6.93. The fraction of sp³-hybridized carbons (Fsp3) is 0.350. The van der Waals surface area contributed by atoms with Crippen LogP contribution in [0.1, 0.15) is 12.8 Å². The van der Waals surface area contributed by atoms with E-state index in [1.807, 2.05) is 5.51 Å². The Kier molecular flexibility index (Phi) is 4.03. The molecule has 5 heteroatoms. The number of benzene rings is 2. The Morgan fingerprint density at radius 1 is 1.08 bits per heavy atom. The van der Waals surface area contributed by atoms with Gasteiger partial charge in [0.25, 0.3) is 0 Å². The molecule has 1 aromatic heterocycles. The highest BCUT2D eigenvalue weighted by atomic mass is 79.9. The van der Waals surface area contributed by atoms with Gasteiger partial charge in [0.2, 0.25) is 0 Å². The zero-order valence-corrected chi connectivity index (χ0v) is 16.2. The normalized spacial score (nSPS) is 25.4. The molecule has 25 heavy (non-hydrogen) atoms. The summed E-state index contributed by atoms with van der Waals surface area (Å²) in [5.41, 5.74) is 5.34. The number of ether oxygens (including phenoxy) is 1. The van der Waals surface area contributed by atoms with Crippen molar-refractivity contribution in [1.82, 2.24) is 9.88 Å². The van der Waals surface area contributed by atoms with Crippen LogP contribution in [0, 0.1) is 5.92 Å². The molecule has 0 amide bonds. The fourth-order valence-electron chi connectivity index (χ4n) is 4.04. The average Bonchev–Trinajstić information content (AvgIpc) is 3.13. The molecule has 2 bridgehead atoms. The molecule has 3 nitrogen and oxygen atoms in total. The lowest BCUT2D eigenvalue weighted by Crippen LogP contribution is -2.52. The van der Waals surface area contributed by atoms with Gasteiger partial charge in [-0.25, -0.2) is 4.98 Å². The van der Waals surface area contributed by atoms with Gasteiger partial charge in [-0.3, -0.25) is 4.90 Å². The van der Waals surface area contributed by atoms with E-state index in [9.17, 15) is 0 Å². The number of thiazole rings is 1. The molecule has 3 aliphatic heterocycles. The molecule has 0 spiro atoms. The van der Waals surface area contributed by atoms with Crippen molar-refractivity contribution in [3.8, 4) is 16.9 Å². The third kappa shape index (κ3) is 2.98. The summed E-state index contributed by atoms with van der Waals surface area (Å²) in [5, 5.41) is 0. The van der Waals surface area contributed by atoms with Crippen molar-refractivity contribution in [3.63, 3.8) is 0 Å². The number of halogens is 1. The van der Waals surface area contributed by atoms with Crippen LogP contribution in [0.3, 0.4) is 0 Å². The maximum absolute atomic E-state index is 6.30. The molecule has 3 aromatic rings. The van der Waals surface area contributed by atoms with Gasteiger partial charge in [-0.2, -0.15) is 0 Å². The Hall–Kier alpha value is -1.43. The summed E-state index contributed by atoms with van der Waals surface area (Å²) in [6.07, 6.45) is 2.92. The SMILES string of the molecule is Brc1cc(-c2ccc(O[C@H]3CN4CCC3CC4)cc2)cc2scnc12. The second-order valence-corrected chi connectivity index (χ2v) is 8.72. The quantitative estimate of drug-likeness (QED) is 0.588. The molecule has 128 valence electrons. The second-order valence-electron chi connectivity index (χ2n) is 6.98. The van der Waals surface area contributed by atoms with Gasteiger partial charge in [0.05, 0.1) is 15.7 Å². The van der Waals surface area contributed by atoms with E-state index in [1.54, 1.807) is 11.3 Å². The number of aromatic nitrogens is 1. The lowest BCUT2D eigenvalue weighted by molar-refractivity contribution is -0.00775. The Bertz CT molecular complexity index is 900. The van der Waals surface area contributed by atoms with Crippen LogP contribution in [0.4, 0.5) is 0 Å². The molecule has 0 unspecified atom stereocenters. The topological polar surface area (TPSA) is 25.4 Å². The summed E-state index contributed by atoms with van der Waals surface area (Å²) in [5.74, 6) is 1.72. The summed E-state index contributed by atoms with van der Waals surface area (Å²) >= 11 is 5.31. The Morgan fingerprint density at radius 2 is 1.88 bits per heavy atom. The van der Waals surface area contributed by atoms with Gasteiger partial charge in [0, 0.05) is 11.0 Å². The number of rotatable bonds is 3. The summed E-state index contributed by atoms with van der Waals surface area (Å²) in [7, 11) is 0. The van der Waals surface area contributed by atoms with E-state index >= 15 is 0 Å². The maximum atomic E-state index is 6.30. The molecule has 0 aliphatic carbocycles. The van der Waals surface area contributed by atoms with Gasteiger partial charge in [0.15, 0.2) is 0 Å². The van der Waals surface area contributed by atoms with E-state index in [2.05, 4.69) is 62.2 Å². The molecular formula is C20H19BrN2OS. The molecule has 6 rings (SSSR count). The lowest BCUT2D eigenvalue weighted by Gasteiger charge is -2.44. The summed E-state index contributed by atoms with van der Waals surface area (Å²) < 4.78 is 8.56. The Balaban J connectivity index is 1.37. The fourth-order valence-corrected chi connectivity index (χ4v) is 5.47. The first-order chi connectivity index (χ1) is 12.3. The maximum Gasteiger partial charge on any atom is 0.119 e. The third-order valence-electron chi connectivity index (χ3n) is 5.46. The number of fused-ring (bicyclic) bond motifs is 4. The monoisotopic (exact) mass is 414 g/mol. The van der Waals surface area contributed by atoms with E-state index < -0.39 is 0 Å². The van der Waals surface area contributed by atoms with Crippen LogP contribution in [0.15, 0.2) is 46.4 Å². The first-order valence-corrected chi connectivity index (χ1v) is 10.5. The van der Waals surface area contributed by atoms with Gasteiger partial charge in [-0.1, -0.05) is 12.1 Å².